The van der Waals surface area contributed by atoms with Crippen molar-refractivity contribution >= 4 is 17.2 Å². The van der Waals surface area contributed by atoms with Crippen LogP contribution in [-0.2, 0) is 7.05 Å². The van der Waals surface area contributed by atoms with Crippen molar-refractivity contribution in [2.24, 2.45) is 7.05 Å². The summed E-state index contributed by atoms with van der Waals surface area (Å²) in [6, 6.07) is 7.76. The van der Waals surface area contributed by atoms with Crippen LogP contribution in [0.2, 0.25) is 0 Å². The highest BCUT2D eigenvalue weighted by Crippen LogP contribution is 2.26. The van der Waals surface area contributed by atoms with E-state index in [1.807, 2.05) is 45.2 Å². The number of aromatic nitrogens is 2. The molecule has 0 aliphatic rings. The molecule has 0 spiro atoms. The van der Waals surface area contributed by atoms with Gasteiger partial charge < -0.3 is 15.8 Å². The zero-order valence-electron chi connectivity index (χ0n) is 10.9. The first kappa shape index (κ1) is 12.3. The molecule has 1 aromatic carbocycles. The lowest BCUT2D eigenvalue weighted by atomic mass is 10.3. The summed E-state index contributed by atoms with van der Waals surface area (Å²) in [6.07, 6.45) is 0. The summed E-state index contributed by atoms with van der Waals surface area (Å²) in [6.45, 7) is 4.50. The summed E-state index contributed by atoms with van der Waals surface area (Å²) in [5.74, 6) is 1.63. The number of aryl methyl sites for hydroxylation is 2. The lowest BCUT2D eigenvalue weighted by molar-refractivity contribution is 0.340. The Kier molecular flexibility index (Phi) is 3.41. The minimum absolute atomic E-state index is 0.649. The van der Waals surface area contributed by atoms with Gasteiger partial charge in [-0.3, -0.25) is 4.68 Å². The third-order valence-electron chi connectivity index (χ3n) is 2.68. The van der Waals surface area contributed by atoms with Crippen LogP contribution in [-0.4, -0.2) is 16.4 Å². The first-order valence-corrected chi connectivity index (χ1v) is 5.90. The number of nitrogens with zero attached hydrogens (tertiary/aromatic N) is 2. The van der Waals surface area contributed by atoms with Crippen LogP contribution in [0.4, 0.5) is 17.2 Å². The fourth-order valence-electron chi connectivity index (χ4n) is 1.79. The first-order chi connectivity index (χ1) is 8.61. The number of anilines is 3. The molecule has 18 heavy (non-hydrogen) atoms. The Labute approximate surface area is 107 Å². The standard InChI is InChI=1S/C13H18N4O/c1-4-18-11-7-5-6-10(8-11)15-13-12(14)9(2)16-17(13)3/h5-8,15H,4,14H2,1-3H3. The number of ether oxygens (including phenoxy) is 1. The number of nitrogens with one attached hydrogen (secondary N) is 1. The molecule has 1 aromatic heterocycles. The second kappa shape index (κ2) is 5.00. The molecule has 0 saturated heterocycles. The molecule has 1 heterocycles. The van der Waals surface area contributed by atoms with Gasteiger partial charge in [0.05, 0.1) is 18.0 Å². The molecule has 0 amide bonds. The summed E-state index contributed by atoms with van der Waals surface area (Å²) in [7, 11) is 1.86. The number of hydrogen-bond donors (Lipinski definition) is 2. The van der Waals surface area contributed by atoms with E-state index in [0.717, 1.165) is 22.9 Å². The van der Waals surface area contributed by atoms with Gasteiger partial charge in [0.15, 0.2) is 5.82 Å². The molecule has 0 aliphatic carbocycles. The van der Waals surface area contributed by atoms with E-state index >= 15 is 0 Å². The van der Waals surface area contributed by atoms with Crippen LogP contribution >= 0.6 is 0 Å². The highest BCUT2D eigenvalue weighted by molar-refractivity contribution is 5.71. The van der Waals surface area contributed by atoms with Gasteiger partial charge in [0, 0.05) is 18.8 Å². The number of hydrogen-bond acceptors (Lipinski definition) is 4. The van der Waals surface area contributed by atoms with Gasteiger partial charge in [0.2, 0.25) is 0 Å². The van der Waals surface area contributed by atoms with Crippen molar-refractivity contribution in [1.82, 2.24) is 9.78 Å². The Bertz CT molecular complexity index is 548. The average molecular weight is 246 g/mol. The molecule has 0 atom stereocenters. The molecule has 3 N–H and O–H groups in total. The zero-order chi connectivity index (χ0) is 13.1. The second-order valence-corrected chi connectivity index (χ2v) is 4.06. The highest BCUT2D eigenvalue weighted by Gasteiger charge is 2.10. The number of rotatable bonds is 4. The van der Waals surface area contributed by atoms with Crippen molar-refractivity contribution in [2.45, 2.75) is 13.8 Å². The van der Waals surface area contributed by atoms with E-state index in [4.69, 9.17) is 10.5 Å². The van der Waals surface area contributed by atoms with Gasteiger partial charge in [-0.1, -0.05) is 6.07 Å². The number of nitrogens with two attached hydrogens (primary N) is 1. The summed E-state index contributed by atoms with van der Waals surface area (Å²) >= 11 is 0. The molecule has 0 fully saturated rings. The van der Waals surface area contributed by atoms with Crippen LogP contribution in [0.15, 0.2) is 24.3 Å². The van der Waals surface area contributed by atoms with Crippen LogP contribution in [0.5, 0.6) is 5.75 Å². The predicted molar refractivity (Wildman–Crippen MR) is 73.3 cm³/mol. The topological polar surface area (TPSA) is 65.1 Å². The van der Waals surface area contributed by atoms with Gasteiger partial charge in [-0.25, -0.2) is 0 Å². The predicted octanol–water partition coefficient (Wildman–Crippen LogP) is 2.45. The number of nitrogen functional groups attached to an aromatic ring is 1. The van der Waals surface area contributed by atoms with Crippen molar-refractivity contribution in [3.63, 3.8) is 0 Å². The largest absolute Gasteiger partial charge is 0.494 e. The SMILES string of the molecule is CCOc1cccc(Nc2c(N)c(C)nn2C)c1. The van der Waals surface area contributed by atoms with Crippen molar-refractivity contribution in [3.8, 4) is 5.75 Å². The summed E-state index contributed by atoms with van der Waals surface area (Å²) in [5.41, 5.74) is 8.38. The number of benzene rings is 1. The van der Waals surface area contributed by atoms with Gasteiger partial charge in [-0.15, -0.1) is 0 Å². The molecule has 5 nitrogen and oxygen atoms in total. The molecule has 2 aromatic rings. The fourth-order valence-corrected chi connectivity index (χ4v) is 1.79. The van der Waals surface area contributed by atoms with Crippen molar-refractivity contribution in [3.05, 3.63) is 30.0 Å². The molecule has 0 radical (unpaired) electrons. The Balaban J connectivity index is 2.25. The van der Waals surface area contributed by atoms with Crippen LogP contribution in [0.1, 0.15) is 12.6 Å². The third-order valence-corrected chi connectivity index (χ3v) is 2.68. The molecule has 0 bridgehead atoms. The third kappa shape index (κ3) is 2.40. The van der Waals surface area contributed by atoms with E-state index in [0.29, 0.717) is 12.3 Å². The second-order valence-electron chi connectivity index (χ2n) is 4.06. The molecule has 2 rings (SSSR count). The lowest BCUT2D eigenvalue weighted by Gasteiger charge is -2.09. The van der Waals surface area contributed by atoms with Crippen molar-refractivity contribution < 1.29 is 4.74 Å². The minimum Gasteiger partial charge on any atom is -0.494 e. The van der Waals surface area contributed by atoms with E-state index in [-0.39, 0.29) is 0 Å². The van der Waals surface area contributed by atoms with Gasteiger partial charge >= 0.3 is 0 Å². The molecular formula is C13H18N4O. The summed E-state index contributed by atoms with van der Waals surface area (Å²) in [4.78, 5) is 0. The molecule has 96 valence electrons. The molecular weight excluding hydrogens is 228 g/mol. The molecule has 0 unspecified atom stereocenters. The van der Waals surface area contributed by atoms with Crippen molar-refractivity contribution in [1.29, 1.82) is 0 Å². The van der Waals surface area contributed by atoms with Crippen LogP contribution in [0.3, 0.4) is 0 Å². The maximum absolute atomic E-state index is 5.97. The highest BCUT2D eigenvalue weighted by atomic mass is 16.5. The lowest BCUT2D eigenvalue weighted by Crippen LogP contribution is -2.01. The molecule has 0 saturated carbocycles. The minimum atomic E-state index is 0.649. The van der Waals surface area contributed by atoms with E-state index in [2.05, 4.69) is 10.4 Å². The average Bonchev–Trinajstić information content (AvgIpc) is 2.57. The van der Waals surface area contributed by atoms with E-state index in [9.17, 15) is 0 Å². The molecule has 0 aliphatic heterocycles. The summed E-state index contributed by atoms with van der Waals surface area (Å²) < 4.78 is 7.19. The Morgan fingerprint density at radius 1 is 1.44 bits per heavy atom. The zero-order valence-corrected chi connectivity index (χ0v) is 10.9. The molecule has 5 heteroatoms. The first-order valence-electron chi connectivity index (χ1n) is 5.90. The smallest absolute Gasteiger partial charge is 0.152 e. The van der Waals surface area contributed by atoms with E-state index in [1.165, 1.54) is 0 Å². The maximum Gasteiger partial charge on any atom is 0.152 e. The van der Waals surface area contributed by atoms with E-state index in [1.54, 1.807) is 4.68 Å². The van der Waals surface area contributed by atoms with Crippen molar-refractivity contribution in [2.75, 3.05) is 17.7 Å². The van der Waals surface area contributed by atoms with Gasteiger partial charge in [0.1, 0.15) is 5.75 Å². The monoisotopic (exact) mass is 246 g/mol. The Morgan fingerprint density at radius 2 is 2.22 bits per heavy atom. The normalized spacial score (nSPS) is 10.4. The summed E-state index contributed by atoms with van der Waals surface area (Å²) in [5, 5.41) is 7.52. The maximum atomic E-state index is 5.97. The van der Waals surface area contributed by atoms with E-state index < -0.39 is 0 Å². The quantitative estimate of drug-likeness (QED) is 0.869. The fraction of sp³-hybridized carbons (Fsp3) is 0.308. The van der Waals surface area contributed by atoms with Gasteiger partial charge in [-0.05, 0) is 26.0 Å². The van der Waals surface area contributed by atoms with Crippen LogP contribution in [0, 0.1) is 6.92 Å². The van der Waals surface area contributed by atoms with Gasteiger partial charge in [-0.2, -0.15) is 5.10 Å². The Hall–Kier alpha value is -2.17. The Morgan fingerprint density at radius 3 is 2.83 bits per heavy atom. The van der Waals surface area contributed by atoms with Crippen LogP contribution in [0.25, 0.3) is 0 Å². The van der Waals surface area contributed by atoms with Gasteiger partial charge in [0.25, 0.3) is 0 Å². The van der Waals surface area contributed by atoms with Crippen LogP contribution < -0.4 is 15.8 Å².